The maximum Gasteiger partial charge on any atom is 0.282 e. The summed E-state index contributed by atoms with van der Waals surface area (Å²) < 4.78 is 0. The Morgan fingerprint density at radius 3 is 2.50 bits per heavy atom. The molecular weight excluding hydrogens is 192 g/mol. The molecule has 0 saturated carbocycles. The topological polar surface area (TPSA) is 107 Å². The summed E-state index contributed by atoms with van der Waals surface area (Å²) >= 11 is 0. The lowest BCUT2D eigenvalue weighted by molar-refractivity contribution is -0.570. The monoisotopic (exact) mass is 200 g/mol. The third-order valence-electron chi connectivity index (χ3n) is 2.14. The molecule has 0 aromatic carbocycles. The summed E-state index contributed by atoms with van der Waals surface area (Å²) in [5.74, 6) is 0. The highest BCUT2D eigenvalue weighted by Gasteiger charge is 2.50. The molecule has 2 atom stereocenters. The molecule has 14 heavy (non-hydrogen) atoms. The van der Waals surface area contributed by atoms with Crippen LogP contribution in [-0.4, -0.2) is 26.6 Å². The Labute approximate surface area is 78.6 Å². The summed E-state index contributed by atoms with van der Waals surface area (Å²) in [5, 5.41) is 30.4. The van der Waals surface area contributed by atoms with Crippen LogP contribution in [0.15, 0.2) is 23.9 Å². The molecule has 0 saturated heterocycles. The second-order valence-corrected chi connectivity index (χ2v) is 3.09. The van der Waals surface area contributed by atoms with Crippen molar-refractivity contribution in [3.8, 4) is 0 Å². The van der Waals surface area contributed by atoms with E-state index in [2.05, 4.69) is 0 Å². The van der Waals surface area contributed by atoms with E-state index in [1.54, 1.807) is 0 Å². The minimum Gasteiger partial charge on any atom is -0.376 e. The van der Waals surface area contributed by atoms with Crippen LogP contribution in [0.25, 0.3) is 0 Å². The lowest BCUT2D eigenvalue weighted by Gasteiger charge is -2.22. The number of hydrogen-bond acceptors (Lipinski definition) is 5. The number of aliphatic hydroxyl groups excluding tert-OH is 1. The van der Waals surface area contributed by atoms with Crippen LogP contribution in [0.4, 0.5) is 0 Å². The van der Waals surface area contributed by atoms with Gasteiger partial charge in [0.1, 0.15) is 0 Å². The molecule has 0 aromatic rings. The molecule has 1 aliphatic rings. The van der Waals surface area contributed by atoms with Gasteiger partial charge in [-0.2, -0.15) is 0 Å². The molecular formula is C7H8N2O5. The van der Waals surface area contributed by atoms with E-state index in [-0.39, 0.29) is 0 Å². The van der Waals surface area contributed by atoms with Gasteiger partial charge in [-0.1, -0.05) is 6.08 Å². The van der Waals surface area contributed by atoms with Gasteiger partial charge in [-0.25, -0.2) is 0 Å². The fraction of sp³-hybridized carbons (Fsp3) is 0.429. The van der Waals surface area contributed by atoms with E-state index in [0.717, 1.165) is 19.1 Å². The van der Waals surface area contributed by atoms with Gasteiger partial charge in [0.05, 0.1) is 4.92 Å². The first-order valence-electron chi connectivity index (χ1n) is 3.76. The van der Waals surface area contributed by atoms with E-state index in [0.29, 0.717) is 0 Å². The van der Waals surface area contributed by atoms with E-state index in [9.17, 15) is 25.3 Å². The van der Waals surface area contributed by atoms with E-state index in [4.69, 9.17) is 0 Å². The van der Waals surface area contributed by atoms with E-state index >= 15 is 0 Å². The summed E-state index contributed by atoms with van der Waals surface area (Å²) in [5.41, 5.74) is -2.39. The van der Waals surface area contributed by atoms with Gasteiger partial charge in [0.15, 0.2) is 0 Å². The zero-order chi connectivity index (χ0) is 10.9. The Kier molecular flexibility index (Phi) is 2.35. The van der Waals surface area contributed by atoms with Gasteiger partial charge in [-0.05, 0) is 6.08 Å². The molecule has 76 valence electrons. The normalized spacial score (nSPS) is 31.0. The fourth-order valence-electron chi connectivity index (χ4n) is 1.14. The highest BCUT2D eigenvalue weighted by molar-refractivity contribution is 5.25. The van der Waals surface area contributed by atoms with Crippen LogP contribution in [0.2, 0.25) is 0 Å². The summed E-state index contributed by atoms with van der Waals surface area (Å²) in [4.78, 5) is 19.4. The molecule has 7 heteroatoms. The Morgan fingerprint density at radius 2 is 2.07 bits per heavy atom. The molecule has 0 fully saturated rings. The van der Waals surface area contributed by atoms with Crippen LogP contribution in [0.1, 0.15) is 6.92 Å². The fourth-order valence-corrected chi connectivity index (χ4v) is 1.14. The molecule has 0 aromatic heterocycles. The van der Waals surface area contributed by atoms with E-state index in [1.165, 1.54) is 6.08 Å². The van der Waals surface area contributed by atoms with Crippen molar-refractivity contribution in [2.75, 3.05) is 0 Å². The van der Waals surface area contributed by atoms with Gasteiger partial charge in [-0.15, -0.1) is 0 Å². The van der Waals surface area contributed by atoms with Crippen molar-refractivity contribution >= 4 is 0 Å². The van der Waals surface area contributed by atoms with Crippen LogP contribution >= 0.6 is 0 Å². The maximum atomic E-state index is 10.6. The lowest BCUT2D eigenvalue weighted by Crippen LogP contribution is -2.48. The second-order valence-electron chi connectivity index (χ2n) is 3.09. The summed E-state index contributed by atoms with van der Waals surface area (Å²) in [6.07, 6.45) is 1.66. The van der Waals surface area contributed by atoms with Gasteiger partial charge in [0.25, 0.3) is 11.2 Å². The molecule has 0 spiro atoms. The zero-order valence-corrected chi connectivity index (χ0v) is 7.28. The third-order valence-corrected chi connectivity index (χ3v) is 2.14. The summed E-state index contributed by atoms with van der Waals surface area (Å²) in [6, 6.07) is 0. The van der Waals surface area contributed by atoms with Crippen molar-refractivity contribution in [3.05, 3.63) is 44.2 Å². The summed E-state index contributed by atoms with van der Waals surface area (Å²) in [7, 11) is 0. The van der Waals surface area contributed by atoms with Gasteiger partial charge >= 0.3 is 0 Å². The molecule has 0 heterocycles. The minimum atomic E-state index is -1.82. The minimum absolute atomic E-state index is 0.563. The van der Waals surface area contributed by atoms with Gasteiger partial charge in [0.2, 0.25) is 6.10 Å². The number of hydrogen-bond donors (Lipinski definition) is 1. The Hall–Kier alpha value is -1.76. The predicted octanol–water partition coefficient (Wildman–Crippen LogP) is 0.113. The number of nitro groups is 2. The number of rotatable bonds is 2. The van der Waals surface area contributed by atoms with Crippen LogP contribution < -0.4 is 0 Å². The molecule has 1 rings (SSSR count). The van der Waals surface area contributed by atoms with Gasteiger partial charge in [-0.3, -0.25) is 20.2 Å². The molecule has 2 unspecified atom stereocenters. The molecule has 0 bridgehead atoms. The Bertz CT molecular complexity index is 348. The number of nitrogens with zero attached hydrogens (tertiary/aromatic N) is 2. The molecule has 0 radical (unpaired) electrons. The lowest BCUT2D eigenvalue weighted by atomic mass is 9.89. The largest absolute Gasteiger partial charge is 0.376 e. The maximum absolute atomic E-state index is 10.6. The van der Waals surface area contributed by atoms with E-state index in [1.807, 2.05) is 0 Å². The summed E-state index contributed by atoms with van der Waals surface area (Å²) in [6.45, 7) is 1.13. The third kappa shape index (κ3) is 1.37. The van der Waals surface area contributed by atoms with Crippen LogP contribution in [0.5, 0.6) is 0 Å². The smallest absolute Gasteiger partial charge is 0.282 e. The zero-order valence-electron chi connectivity index (χ0n) is 7.28. The number of allylic oxidation sites excluding steroid dienone is 2. The van der Waals surface area contributed by atoms with Crippen molar-refractivity contribution in [2.24, 2.45) is 0 Å². The predicted molar refractivity (Wildman–Crippen MR) is 45.6 cm³/mol. The Balaban J connectivity index is 3.11. The van der Waals surface area contributed by atoms with Crippen LogP contribution in [-0.2, 0) is 0 Å². The average molecular weight is 200 g/mol. The standard InChI is InChI=1S/C7H8N2O5/c1-7(9(13)14)4-2-3-5(6(7)10)8(11)12/h2-4,6,10H,1H3. The first-order valence-corrected chi connectivity index (χ1v) is 3.76. The van der Waals surface area contributed by atoms with Crippen molar-refractivity contribution < 1.29 is 15.0 Å². The highest BCUT2D eigenvalue weighted by Crippen LogP contribution is 2.26. The SMILES string of the molecule is CC1([N+](=O)[O-])C=CC=C([N+](=O)[O-])C1O. The van der Waals surface area contributed by atoms with Crippen molar-refractivity contribution in [2.45, 2.75) is 18.6 Å². The molecule has 0 amide bonds. The molecule has 1 N–H and O–H groups in total. The van der Waals surface area contributed by atoms with Crippen LogP contribution in [0, 0.1) is 20.2 Å². The molecule has 1 aliphatic carbocycles. The van der Waals surface area contributed by atoms with Crippen molar-refractivity contribution in [1.82, 2.24) is 0 Å². The Morgan fingerprint density at radius 1 is 1.50 bits per heavy atom. The average Bonchev–Trinajstić information content (AvgIpc) is 2.09. The van der Waals surface area contributed by atoms with Crippen molar-refractivity contribution in [1.29, 1.82) is 0 Å². The molecule has 0 aliphatic heterocycles. The van der Waals surface area contributed by atoms with Crippen LogP contribution in [0.3, 0.4) is 0 Å². The second kappa shape index (κ2) is 3.18. The first-order chi connectivity index (χ1) is 6.39. The first kappa shape index (κ1) is 10.3. The van der Waals surface area contributed by atoms with E-state index < -0.39 is 27.2 Å². The van der Waals surface area contributed by atoms with Gasteiger partial charge < -0.3 is 5.11 Å². The highest BCUT2D eigenvalue weighted by atomic mass is 16.6. The molecule has 7 nitrogen and oxygen atoms in total. The quantitative estimate of drug-likeness (QED) is 0.503. The van der Waals surface area contributed by atoms with Gasteiger partial charge in [0, 0.05) is 17.9 Å². The van der Waals surface area contributed by atoms with Crippen molar-refractivity contribution in [3.63, 3.8) is 0 Å². The number of aliphatic hydroxyl groups is 1.